The van der Waals surface area contributed by atoms with Gasteiger partial charge in [-0.25, -0.2) is 4.98 Å². The van der Waals surface area contributed by atoms with E-state index in [2.05, 4.69) is 16.0 Å². The van der Waals surface area contributed by atoms with E-state index in [1.54, 1.807) is 29.4 Å². The lowest BCUT2D eigenvalue weighted by Gasteiger charge is -2.10. The molecule has 28 heavy (non-hydrogen) atoms. The number of benzene rings is 2. The third-order valence-electron chi connectivity index (χ3n) is 4.48. The molecule has 4 rings (SSSR count). The minimum atomic E-state index is -0.250. The number of hydrogen-bond acceptors (Lipinski definition) is 4. The summed E-state index contributed by atoms with van der Waals surface area (Å²) in [7, 11) is 0. The van der Waals surface area contributed by atoms with Crippen LogP contribution in [0.5, 0.6) is 0 Å². The van der Waals surface area contributed by atoms with Crippen LogP contribution in [0.4, 0.5) is 0 Å². The van der Waals surface area contributed by atoms with Crippen molar-refractivity contribution in [1.29, 1.82) is 5.26 Å². The van der Waals surface area contributed by atoms with Crippen molar-refractivity contribution >= 4 is 5.78 Å². The van der Waals surface area contributed by atoms with E-state index in [-0.39, 0.29) is 11.5 Å². The van der Waals surface area contributed by atoms with Gasteiger partial charge in [0.15, 0.2) is 0 Å². The van der Waals surface area contributed by atoms with Gasteiger partial charge in [-0.05, 0) is 36.2 Å². The molecule has 0 saturated carbocycles. The van der Waals surface area contributed by atoms with Gasteiger partial charge < -0.3 is 4.57 Å². The van der Waals surface area contributed by atoms with Crippen LogP contribution in [0.3, 0.4) is 0 Å². The van der Waals surface area contributed by atoms with E-state index >= 15 is 0 Å². The Morgan fingerprint density at radius 3 is 2.57 bits per heavy atom. The molecule has 0 aliphatic heterocycles. The maximum absolute atomic E-state index is 12.7. The topological polar surface area (TPSA) is 71.6 Å². The van der Waals surface area contributed by atoms with E-state index in [9.17, 15) is 10.1 Å². The largest absolute Gasteiger partial charge is 0.304 e. The Labute approximate surface area is 162 Å². The van der Waals surface area contributed by atoms with Crippen LogP contribution in [-0.4, -0.2) is 20.3 Å². The average molecular weight is 364 g/mol. The summed E-state index contributed by atoms with van der Waals surface area (Å²) in [5, 5.41) is 9.79. The predicted octanol–water partition coefficient (Wildman–Crippen LogP) is 4.35. The van der Waals surface area contributed by atoms with Gasteiger partial charge in [0.05, 0.1) is 11.3 Å². The third kappa shape index (κ3) is 3.19. The molecule has 2 aromatic heterocycles. The van der Waals surface area contributed by atoms with Crippen molar-refractivity contribution < 1.29 is 4.79 Å². The second-order valence-electron chi connectivity index (χ2n) is 6.39. The molecule has 0 spiro atoms. The lowest BCUT2D eigenvalue weighted by atomic mass is 9.99. The van der Waals surface area contributed by atoms with Crippen LogP contribution in [-0.2, 0) is 0 Å². The Morgan fingerprint density at radius 1 is 1.00 bits per heavy atom. The number of nitriles is 1. The molecule has 0 aliphatic rings. The number of nitrogens with zero attached hydrogens (tertiary/aromatic N) is 4. The lowest BCUT2D eigenvalue weighted by molar-refractivity contribution is 0.103. The number of rotatable bonds is 4. The summed E-state index contributed by atoms with van der Waals surface area (Å²) in [5.41, 5.74) is 4.59. The molecular formula is C23H16N4O. The number of hydrogen-bond donors (Lipinski definition) is 0. The maximum atomic E-state index is 12.7. The molecule has 5 heteroatoms. The van der Waals surface area contributed by atoms with Crippen LogP contribution in [0.25, 0.3) is 16.8 Å². The van der Waals surface area contributed by atoms with Crippen LogP contribution >= 0.6 is 0 Å². The fourth-order valence-electron chi connectivity index (χ4n) is 3.09. The molecule has 2 heterocycles. The highest BCUT2D eigenvalue weighted by Gasteiger charge is 2.16. The van der Waals surface area contributed by atoms with Crippen LogP contribution < -0.4 is 0 Å². The van der Waals surface area contributed by atoms with Crippen LogP contribution in [0.1, 0.15) is 27.3 Å². The standard InChI is InChI=1S/C23H16N4O/c1-16-10-11-25-20(12-16)23(28)21-14-27(15-26-21)22-9-5-8-18(19(22)13-24)17-6-3-2-4-7-17/h2-12,14-15H,1H3. The number of aromatic nitrogens is 3. The quantitative estimate of drug-likeness (QED) is 0.505. The predicted molar refractivity (Wildman–Crippen MR) is 106 cm³/mol. The van der Waals surface area contributed by atoms with Gasteiger partial charge in [0, 0.05) is 18.0 Å². The Balaban J connectivity index is 1.75. The van der Waals surface area contributed by atoms with E-state index in [1.807, 2.05) is 61.5 Å². The molecule has 0 radical (unpaired) electrons. The molecule has 0 unspecified atom stereocenters. The summed E-state index contributed by atoms with van der Waals surface area (Å²) in [6.45, 7) is 1.91. The number of carbonyl (C=O) groups excluding carboxylic acids is 1. The van der Waals surface area contributed by atoms with Crippen LogP contribution in [0.15, 0.2) is 79.4 Å². The van der Waals surface area contributed by atoms with Gasteiger partial charge in [-0.1, -0.05) is 42.5 Å². The summed E-state index contributed by atoms with van der Waals surface area (Å²) < 4.78 is 1.70. The molecule has 0 N–H and O–H groups in total. The average Bonchev–Trinajstić information content (AvgIpc) is 3.23. The minimum absolute atomic E-state index is 0.250. The minimum Gasteiger partial charge on any atom is -0.304 e. The lowest BCUT2D eigenvalue weighted by Crippen LogP contribution is -2.04. The Bertz CT molecular complexity index is 1200. The van der Waals surface area contributed by atoms with Crippen molar-refractivity contribution in [2.24, 2.45) is 0 Å². The van der Waals surface area contributed by atoms with E-state index in [1.165, 1.54) is 0 Å². The van der Waals surface area contributed by atoms with Crippen molar-refractivity contribution in [2.45, 2.75) is 6.92 Å². The smallest absolute Gasteiger partial charge is 0.231 e. The molecule has 0 atom stereocenters. The van der Waals surface area contributed by atoms with Gasteiger partial charge in [0.25, 0.3) is 0 Å². The van der Waals surface area contributed by atoms with E-state index in [0.29, 0.717) is 16.9 Å². The number of aryl methyl sites for hydroxylation is 1. The van der Waals surface area contributed by atoms with Crippen LogP contribution in [0.2, 0.25) is 0 Å². The highest BCUT2D eigenvalue weighted by molar-refractivity contribution is 6.06. The van der Waals surface area contributed by atoms with Gasteiger partial charge in [0.2, 0.25) is 5.78 Å². The monoisotopic (exact) mass is 364 g/mol. The zero-order valence-corrected chi connectivity index (χ0v) is 15.2. The summed E-state index contributed by atoms with van der Waals surface area (Å²) >= 11 is 0. The second kappa shape index (κ2) is 7.29. The Hall–Kier alpha value is -4.04. The Kier molecular flexibility index (Phi) is 4.53. The van der Waals surface area contributed by atoms with E-state index in [4.69, 9.17) is 0 Å². The highest BCUT2D eigenvalue weighted by atomic mass is 16.1. The molecule has 0 fully saturated rings. The first kappa shape index (κ1) is 17.4. The van der Waals surface area contributed by atoms with Crippen molar-refractivity contribution in [2.75, 3.05) is 0 Å². The van der Waals surface area contributed by atoms with Crippen LogP contribution in [0, 0.1) is 18.3 Å². The first-order valence-corrected chi connectivity index (χ1v) is 8.77. The zero-order chi connectivity index (χ0) is 19.5. The van der Waals surface area contributed by atoms with Gasteiger partial charge in [0.1, 0.15) is 23.8 Å². The summed E-state index contributed by atoms with van der Waals surface area (Å²) in [4.78, 5) is 21.1. The molecule has 5 nitrogen and oxygen atoms in total. The number of ketones is 1. The molecular weight excluding hydrogens is 348 g/mol. The second-order valence-corrected chi connectivity index (χ2v) is 6.39. The van der Waals surface area contributed by atoms with Gasteiger partial charge in [-0.15, -0.1) is 0 Å². The SMILES string of the molecule is Cc1ccnc(C(=O)c2cn(-c3cccc(-c4ccccc4)c3C#N)cn2)c1. The van der Waals surface area contributed by atoms with Gasteiger partial charge in [-0.3, -0.25) is 9.78 Å². The van der Waals surface area contributed by atoms with Gasteiger partial charge in [-0.2, -0.15) is 5.26 Å². The number of pyridine rings is 1. The van der Waals surface area contributed by atoms with E-state index < -0.39 is 0 Å². The molecule has 0 saturated heterocycles. The molecule has 0 bridgehead atoms. The highest BCUT2D eigenvalue weighted by Crippen LogP contribution is 2.28. The van der Waals surface area contributed by atoms with Gasteiger partial charge >= 0.3 is 0 Å². The maximum Gasteiger partial charge on any atom is 0.231 e. The summed E-state index contributed by atoms with van der Waals surface area (Å²) in [5.74, 6) is -0.250. The fourth-order valence-corrected chi connectivity index (χ4v) is 3.09. The first-order chi connectivity index (χ1) is 13.7. The normalized spacial score (nSPS) is 10.4. The number of imidazole rings is 1. The number of carbonyl (C=O) groups is 1. The third-order valence-corrected chi connectivity index (χ3v) is 4.48. The molecule has 0 aliphatic carbocycles. The van der Waals surface area contributed by atoms with Crippen molar-refractivity contribution in [3.63, 3.8) is 0 Å². The summed E-state index contributed by atoms with van der Waals surface area (Å²) in [6.07, 6.45) is 4.79. The zero-order valence-electron chi connectivity index (χ0n) is 15.2. The van der Waals surface area contributed by atoms with E-state index in [0.717, 1.165) is 16.7 Å². The fraction of sp³-hybridized carbons (Fsp3) is 0.0435. The first-order valence-electron chi connectivity index (χ1n) is 8.77. The summed E-state index contributed by atoms with van der Waals surface area (Å²) in [6, 6.07) is 21.2. The van der Waals surface area contributed by atoms with Crippen molar-refractivity contribution in [3.8, 4) is 22.9 Å². The Morgan fingerprint density at radius 2 is 1.82 bits per heavy atom. The molecule has 2 aromatic carbocycles. The van der Waals surface area contributed by atoms with Crippen molar-refractivity contribution in [1.82, 2.24) is 14.5 Å². The molecule has 4 aromatic rings. The molecule has 134 valence electrons. The van der Waals surface area contributed by atoms with Crippen molar-refractivity contribution in [3.05, 3.63) is 102 Å². The molecule has 0 amide bonds.